The third-order valence-electron chi connectivity index (χ3n) is 15.0. The summed E-state index contributed by atoms with van der Waals surface area (Å²) >= 11 is 0. The standard InChI is InChI=1S/C50H55F2N7O6/c1-25(2)41(56-47(62)64-5)45(60)58-24-49(15-16-49)22-40(58)44-53-23-39(55-44)29-8-12-33-34-19-28(9-13-35(34)50(51,52)36(33)20-29)27-10-14-37-31(17-27)21-38(54-37)43-30-7-11-32(18-30)59(43)46(61)42(26(3)4)57-48(63)65-6/h8-10,12-14,17,19-20,23,25-26,30,32,40-43H,7,11,15-16,18,21-22,24H2,1-6H3,(H,53,55)(H,56,62)(H,57,63)/t30-,32+,40+,41+,42+,43+/m1/s1. The summed E-state index contributed by atoms with van der Waals surface area (Å²) in [4.78, 5) is 69.4. The number of fused-ring (bicyclic) bond motifs is 6. The Kier molecular flexibility index (Phi) is 10.4. The number of hydrogen-bond donors (Lipinski definition) is 3. The van der Waals surface area contributed by atoms with Crippen molar-refractivity contribution in [2.75, 3.05) is 20.8 Å². The number of halogens is 2. The van der Waals surface area contributed by atoms with Gasteiger partial charge in [-0.25, -0.2) is 14.6 Å². The molecule has 0 unspecified atom stereocenters. The highest BCUT2D eigenvalue weighted by atomic mass is 19.3. The second-order valence-electron chi connectivity index (χ2n) is 19.7. The largest absolute Gasteiger partial charge is 0.453 e. The number of methoxy groups -OCH3 is 2. The molecule has 2 saturated carbocycles. The highest BCUT2D eigenvalue weighted by molar-refractivity contribution is 6.02. The molecular formula is C50H55F2N7O6. The van der Waals surface area contributed by atoms with Gasteiger partial charge in [0.05, 0.1) is 43.9 Å². The van der Waals surface area contributed by atoms with E-state index in [-0.39, 0.29) is 58.3 Å². The van der Waals surface area contributed by atoms with E-state index < -0.39 is 30.2 Å². The van der Waals surface area contributed by atoms with E-state index in [0.717, 1.165) is 66.6 Å². The molecular weight excluding hydrogens is 833 g/mol. The van der Waals surface area contributed by atoms with E-state index in [1.54, 1.807) is 23.2 Å². The van der Waals surface area contributed by atoms with Crippen LogP contribution in [-0.4, -0.2) is 94.4 Å². The van der Waals surface area contributed by atoms with Gasteiger partial charge in [0.2, 0.25) is 11.8 Å². The fourth-order valence-corrected chi connectivity index (χ4v) is 11.3. The van der Waals surface area contributed by atoms with Crippen molar-refractivity contribution < 1.29 is 37.4 Å². The summed E-state index contributed by atoms with van der Waals surface area (Å²) in [6.45, 7) is 8.14. The lowest BCUT2D eigenvalue weighted by atomic mass is 9.90. The quantitative estimate of drug-likeness (QED) is 0.144. The van der Waals surface area contributed by atoms with Crippen molar-refractivity contribution in [3.63, 3.8) is 0 Å². The molecule has 4 amide bonds. The first-order valence-corrected chi connectivity index (χ1v) is 22.8. The number of benzene rings is 3. The second-order valence-corrected chi connectivity index (χ2v) is 19.7. The molecule has 4 fully saturated rings. The monoisotopic (exact) mass is 887 g/mol. The minimum Gasteiger partial charge on any atom is -0.453 e. The lowest BCUT2D eigenvalue weighted by molar-refractivity contribution is -0.137. The summed E-state index contributed by atoms with van der Waals surface area (Å²) in [5.41, 5.74) is 6.44. The first-order chi connectivity index (χ1) is 31.1. The van der Waals surface area contributed by atoms with Crippen molar-refractivity contribution in [3.05, 3.63) is 83.3 Å². The van der Waals surface area contributed by atoms with Gasteiger partial charge in [-0.15, -0.1) is 0 Å². The lowest BCUT2D eigenvalue weighted by Crippen LogP contribution is -2.57. The van der Waals surface area contributed by atoms with Gasteiger partial charge >= 0.3 is 12.2 Å². The van der Waals surface area contributed by atoms with Crippen molar-refractivity contribution in [2.24, 2.45) is 28.2 Å². The number of ether oxygens (including phenoxy) is 2. The van der Waals surface area contributed by atoms with Crippen LogP contribution in [0.15, 0.2) is 65.8 Å². The number of nitrogens with one attached hydrogen (secondary N) is 3. The van der Waals surface area contributed by atoms with Crippen LogP contribution in [0.5, 0.6) is 0 Å². The maximum atomic E-state index is 16.4. The van der Waals surface area contributed by atoms with Crippen LogP contribution in [0.1, 0.15) is 94.8 Å². The summed E-state index contributed by atoms with van der Waals surface area (Å²) in [6, 6.07) is 14.4. The molecule has 10 rings (SSSR count). The van der Waals surface area contributed by atoms with Crippen molar-refractivity contribution in [1.82, 2.24) is 30.4 Å². The molecule has 3 N–H and O–H groups in total. The fourth-order valence-electron chi connectivity index (χ4n) is 11.3. The summed E-state index contributed by atoms with van der Waals surface area (Å²) in [6.07, 6.45) is 6.49. The molecule has 340 valence electrons. The average Bonchev–Trinajstić information content (AvgIpc) is 3.95. The van der Waals surface area contributed by atoms with Crippen molar-refractivity contribution in [1.29, 1.82) is 0 Å². The number of hydrogen-bond acceptors (Lipinski definition) is 8. The number of amides is 4. The molecule has 65 heavy (non-hydrogen) atoms. The van der Waals surface area contributed by atoms with Gasteiger partial charge in [-0.2, -0.15) is 8.78 Å². The number of imidazole rings is 1. The molecule has 13 nitrogen and oxygen atoms in total. The number of nitrogens with zero attached hydrogens (tertiary/aromatic N) is 4. The van der Waals surface area contributed by atoms with E-state index in [2.05, 4.69) is 21.7 Å². The van der Waals surface area contributed by atoms with Crippen LogP contribution < -0.4 is 10.6 Å². The van der Waals surface area contributed by atoms with E-state index >= 15 is 8.78 Å². The topological polar surface area (TPSA) is 158 Å². The Balaban J connectivity index is 0.881. The molecule has 4 aromatic rings. The van der Waals surface area contributed by atoms with Gasteiger partial charge in [0.1, 0.15) is 17.9 Å². The number of alkyl carbamates (subject to hydrolysis) is 2. The molecule has 15 heteroatoms. The third kappa shape index (κ3) is 7.25. The number of likely N-dealkylation sites (tertiary alicyclic amines) is 2. The van der Waals surface area contributed by atoms with Gasteiger partial charge in [-0.05, 0) is 114 Å². The molecule has 3 aromatic carbocycles. The summed E-state index contributed by atoms with van der Waals surface area (Å²) in [5, 5.41) is 5.46. The van der Waals surface area contributed by atoms with E-state index in [1.165, 1.54) is 26.4 Å². The van der Waals surface area contributed by atoms with Crippen molar-refractivity contribution in [3.8, 4) is 33.5 Å². The number of alkyl halides is 2. The third-order valence-corrected chi connectivity index (χ3v) is 15.0. The molecule has 1 aromatic heterocycles. The normalized spacial score (nSPS) is 23.6. The van der Waals surface area contributed by atoms with E-state index in [1.807, 2.05) is 56.9 Å². The first-order valence-electron chi connectivity index (χ1n) is 22.8. The maximum Gasteiger partial charge on any atom is 0.407 e. The highest BCUT2D eigenvalue weighted by Crippen LogP contribution is 2.59. The van der Waals surface area contributed by atoms with Crippen LogP contribution in [0.3, 0.4) is 0 Å². The Hall–Kier alpha value is -6.12. The second kappa shape index (κ2) is 15.8. The molecule has 4 heterocycles. The summed E-state index contributed by atoms with van der Waals surface area (Å²) < 4.78 is 42.5. The zero-order valence-corrected chi connectivity index (χ0v) is 37.5. The number of aliphatic imine (C=N–C) groups is 1. The van der Waals surface area contributed by atoms with Crippen LogP contribution in [0.4, 0.5) is 24.1 Å². The van der Waals surface area contributed by atoms with E-state index in [4.69, 9.17) is 19.5 Å². The van der Waals surface area contributed by atoms with Crippen LogP contribution in [0, 0.1) is 23.2 Å². The van der Waals surface area contributed by atoms with Crippen molar-refractivity contribution >= 4 is 35.4 Å². The molecule has 6 atom stereocenters. The zero-order chi connectivity index (χ0) is 45.7. The van der Waals surface area contributed by atoms with E-state index in [0.29, 0.717) is 47.1 Å². The molecule has 2 bridgehead atoms. The molecule has 6 aliphatic rings. The van der Waals surface area contributed by atoms with Gasteiger partial charge < -0.3 is 34.9 Å². The SMILES string of the molecule is COC(=O)N[C@H](C(=O)N1CC2(CC2)C[C@H]1c1ncc(-c2ccc3c(c2)C(F)(F)c2ccc(-c4ccc5c(c4)CC([C@@H]4[C@@H]6CC[C@@H](C6)N4C(=O)[C@@H](NC(=O)OC)C(C)C)=N5)cc2-3)[nH]1)C(C)C. The Bertz CT molecular complexity index is 2650. The van der Waals surface area contributed by atoms with Gasteiger partial charge in [-0.1, -0.05) is 58.0 Å². The smallest absolute Gasteiger partial charge is 0.407 e. The lowest BCUT2D eigenvalue weighted by Gasteiger charge is -2.38. The number of rotatable bonds is 10. The van der Waals surface area contributed by atoms with Crippen molar-refractivity contribution in [2.45, 2.75) is 109 Å². The fraction of sp³-hybridized carbons (Fsp3) is 0.480. The van der Waals surface area contributed by atoms with Gasteiger partial charge in [-0.3, -0.25) is 14.6 Å². The molecule has 2 saturated heterocycles. The van der Waals surface area contributed by atoms with Gasteiger partial charge in [0.25, 0.3) is 5.92 Å². The predicted molar refractivity (Wildman–Crippen MR) is 240 cm³/mol. The highest BCUT2D eigenvalue weighted by Gasteiger charge is 2.56. The number of carbonyl (C=O) groups excluding carboxylic acids is 4. The maximum absolute atomic E-state index is 16.4. The van der Waals surface area contributed by atoms with Crippen LogP contribution in [0.2, 0.25) is 0 Å². The Labute approximate surface area is 376 Å². The van der Waals surface area contributed by atoms with E-state index in [9.17, 15) is 19.2 Å². The molecule has 3 aliphatic carbocycles. The van der Waals surface area contributed by atoms with Crippen LogP contribution >= 0.6 is 0 Å². The Morgan fingerprint density at radius 3 is 2.18 bits per heavy atom. The molecule has 1 spiro atoms. The van der Waals surface area contributed by atoms with Gasteiger partial charge in [0, 0.05) is 41.4 Å². The average molecular weight is 888 g/mol. The first kappa shape index (κ1) is 42.8. The van der Waals surface area contributed by atoms with Crippen LogP contribution in [-0.2, 0) is 31.4 Å². The zero-order valence-electron chi connectivity index (χ0n) is 37.5. The minimum absolute atomic E-state index is 0.0136. The number of carbonyl (C=O) groups is 4. The Morgan fingerprint density at radius 1 is 0.815 bits per heavy atom. The number of aromatic amines is 1. The predicted octanol–water partition coefficient (Wildman–Crippen LogP) is 8.69. The number of piperidine rings is 1. The number of H-pyrrole nitrogens is 1. The van der Waals surface area contributed by atoms with Gasteiger partial charge in [0.15, 0.2) is 0 Å². The number of aromatic nitrogens is 2. The summed E-state index contributed by atoms with van der Waals surface area (Å²) in [7, 11) is 2.56. The molecule has 0 radical (unpaired) electrons. The Morgan fingerprint density at radius 2 is 1.49 bits per heavy atom. The summed E-state index contributed by atoms with van der Waals surface area (Å²) in [5.74, 6) is -2.99. The molecule has 3 aliphatic heterocycles. The van der Waals surface area contributed by atoms with Crippen LogP contribution in [0.25, 0.3) is 33.5 Å². The minimum atomic E-state index is -3.24.